The van der Waals surface area contributed by atoms with Gasteiger partial charge in [-0.25, -0.2) is 0 Å². The molecule has 0 bridgehead atoms. The van der Waals surface area contributed by atoms with E-state index in [4.69, 9.17) is 0 Å². The second-order valence-electron chi connectivity index (χ2n) is 4.15. The van der Waals surface area contributed by atoms with E-state index in [9.17, 15) is 26.3 Å². The van der Waals surface area contributed by atoms with Crippen LogP contribution in [0, 0.1) is 0 Å². The average Bonchev–Trinajstić information content (AvgIpc) is 2.13. The number of rotatable bonds is 2. The van der Waals surface area contributed by atoms with Crippen LogP contribution in [0.5, 0.6) is 0 Å². The summed E-state index contributed by atoms with van der Waals surface area (Å²) < 4.78 is 79.4. The molecule has 0 radical (unpaired) electrons. The van der Waals surface area contributed by atoms with Crippen LogP contribution in [0.1, 0.15) is 16.7 Å². The quantitative estimate of drug-likeness (QED) is 0.443. The maximum absolute atomic E-state index is 12.5. The molecule has 0 heterocycles. The van der Waals surface area contributed by atoms with Gasteiger partial charge in [-0.1, -0.05) is 0 Å². The summed E-state index contributed by atoms with van der Waals surface area (Å²) in [7, 11) is 0. The molecule has 7 heteroatoms. The van der Waals surface area contributed by atoms with E-state index in [0.717, 1.165) is 12.1 Å². The Morgan fingerprint density at radius 1 is 0.833 bits per heavy atom. The van der Waals surface area contributed by atoms with E-state index in [1.54, 1.807) is 0 Å². The number of benzene rings is 1. The van der Waals surface area contributed by atoms with Gasteiger partial charge in [-0.3, -0.25) is 0 Å². The van der Waals surface area contributed by atoms with Crippen molar-refractivity contribution in [2.24, 2.45) is 0 Å². The van der Waals surface area contributed by atoms with E-state index >= 15 is 0 Å². The van der Waals surface area contributed by atoms with Crippen LogP contribution in [0.25, 0.3) is 0 Å². The molecule has 102 valence electrons. The Bertz CT molecular complexity index is 386. The van der Waals surface area contributed by atoms with Gasteiger partial charge in [0, 0.05) is 0 Å². The number of hydrogen-bond donors (Lipinski definition) is 0. The van der Waals surface area contributed by atoms with E-state index in [-0.39, 0.29) is 11.6 Å². The number of hydrogen-bond acceptors (Lipinski definition) is 0. The summed E-state index contributed by atoms with van der Waals surface area (Å²) in [6.45, 7) is 0. The zero-order valence-corrected chi connectivity index (χ0v) is 13.1. The third-order valence-electron chi connectivity index (χ3n) is 2.15. The van der Waals surface area contributed by atoms with E-state index in [0.29, 0.717) is 4.13 Å². The molecule has 1 rings (SSSR count). The van der Waals surface area contributed by atoms with Crippen LogP contribution in [-0.2, 0) is 16.5 Å². The van der Waals surface area contributed by atoms with Crippen molar-refractivity contribution in [2.45, 2.75) is 25.7 Å². The van der Waals surface area contributed by atoms with Gasteiger partial charge >= 0.3 is 109 Å². The van der Waals surface area contributed by atoms with Crippen molar-refractivity contribution >= 4 is 21.8 Å². The molecule has 0 aliphatic rings. The van der Waals surface area contributed by atoms with Gasteiger partial charge in [0.2, 0.25) is 0 Å². The van der Waals surface area contributed by atoms with Gasteiger partial charge in [0.05, 0.1) is 0 Å². The molecule has 0 aromatic heterocycles. The van der Waals surface area contributed by atoms with Crippen LogP contribution in [0.15, 0.2) is 18.2 Å². The topological polar surface area (TPSA) is 0 Å². The van der Waals surface area contributed by atoms with E-state index in [1.807, 2.05) is 9.26 Å². The fraction of sp³-hybridized carbons (Fsp3) is 0.455. The molecule has 0 aliphatic heterocycles. The van der Waals surface area contributed by atoms with E-state index < -0.39 is 45.2 Å². The second-order valence-corrected chi connectivity index (χ2v) is 13.8. The minimum atomic E-state index is -4.75. The summed E-state index contributed by atoms with van der Waals surface area (Å²) in [6, 6.07) is 1.81. The van der Waals surface area contributed by atoms with Gasteiger partial charge < -0.3 is 0 Å². The van der Waals surface area contributed by atoms with Crippen LogP contribution < -0.4 is 0 Å². The predicted molar refractivity (Wildman–Crippen MR) is 57.6 cm³/mol. The molecule has 0 N–H and O–H groups in total. The van der Waals surface area contributed by atoms with E-state index in [1.165, 1.54) is 0 Å². The molecular formula is C11H11BiF6. The first-order chi connectivity index (χ1) is 8.00. The van der Waals surface area contributed by atoms with Crippen LogP contribution in [0.4, 0.5) is 26.3 Å². The SMILES string of the molecule is [CH3][Bi]([CH3])[CH2]c1cc(C(F)(F)F)cc(C(F)(F)F)c1. The van der Waals surface area contributed by atoms with Crippen molar-refractivity contribution < 1.29 is 26.3 Å². The summed E-state index contributed by atoms with van der Waals surface area (Å²) in [4.78, 5) is 0. The molecular weight excluding hydrogens is 455 g/mol. The maximum atomic E-state index is 12.5. The van der Waals surface area contributed by atoms with Gasteiger partial charge in [-0.15, -0.1) is 0 Å². The minimum absolute atomic E-state index is 0.139. The first kappa shape index (κ1) is 15.7. The van der Waals surface area contributed by atoms with Crippen LogP contribution in [0.3, 0.4) is 0 Å². The van der Waals surface area contributed by atoms with Crippen molar-refractivity contribution in [3.05, 3.63) is 34.9 Å². The normalized spacial score (nSPS) is 13.2. The summed E-state index contributed by atoms with van der Waals surface area (Å²) in [6.07, 6.45) is -9.50. The second kappa shape index (κ2) is 5.35. The molecule has 0 nitrogen and oxygen atoms in total. The van der Waals surface area contributed by atoms with Crippen molar-refractivity contribution in [3.63, 3.8) is 0 Å². The molecule has 0 aliphatic carbocycles. The van der Waals surface area contributed by atoms with Crippen molar-refractivity contribution in [2.75, 3.05) is 0 Å². The van der Waals surface area contributed by atoms with Gasteiger partial charge in [-0.05, 0) is 0 Å². The summed E-state index contributed by atoms with van der Waals surface area (Å²) in [5, 5.41) is 0. The monoisotopic (exact) mass is 466 g/mol. The molecule has 18 heavy (non-hydrogen) atoms. The summed E-state index contributed by atoms with van der Waals surface area (Å²) >= 11 is -1.87. The average molecular weight is 466 g/mol. The molecule has 0 saturated carbocycles. The van der Waals surface area contributed by atoms with Gasteiger partial charge in [0.25, 0.3) is 0 Å². The Labute approximate surface area is 109 Å². The van der Waals surface area contributed by atoms with Crippen molar-refractivity contribution in [1.29, 1.82) is 0 Å². The van der Waals surface area contributed by atoms with Crippen LogP contribution in [-0.4, -0.2) is 21.8 Å². The zero-order chi connectivity index (χ0) is 14.1. The fourth-order valence-electron chi connectivity index (χ4n) is 1.48. The summed E-state index contributed by atoms with van der Waals surface area (Å²) in [5.74, 6) is 0. The predicted octanol–water partition coefficient (Wildman–Crippen LogP) is 4.56. The Morgan fingerprint density at radius 2 is 1.22 bits per heavy atom. The molecule has 0 spiro atoms. The molecule has 0 saturated heterocycles. The molecule has 0 atom stereocenters. The third-order valence-corrected chi connectivity index (χ3v) is 6.02. The zero-order valence-electron chi connectivity index (χ0n) is 9.65. The Balaban J connectivity index is 3.29. The standard InChI is InChI=1S/C9H5F6.2CH3.Bi/c1-5-2-6(8(10,11)12)4-7(3-5)9(13,14)15;;;/h2-4H,1H2;2*1H3;. The number of alkyl halides is 6. The van der Waals surface area contributed by atoms with Gasteiger partial charge in [0.1, 0.15) is 0 Å². The molecule has 0 fully saturated rings. The molecule has 1 aromatic rings. The third kappa shape index (κ3) is 4.41. The van der Waals surface area contributed by atoms with Crippen LogP contribution >= 0.6 is 0 Å². The Kier molecular flexibility index (Phi) is 4.68. The van der Waals surface area contributed by atoms with Crippen molar-refractivity contribution in [3.8, 4) is 0 Å². The fourth-order valence-corrected chi connectivity index (χ4v) is 5.02. The number of halogens is 6. The molecule has 0 unspecified atom stereocenters. The van der Waals surface area contributed by atoms with Crippen LogP contribution in [0.2, 0.25) is 9.26 Å². The summed E-state index contributed by atoms with van der Waals surface area (Å²) in [5.41, 5.74) is -2.31. The molecule has 1 aromatic carbocycles. The van der Waals surface area contributed by atoms with Gasteiger partial charge in [-0.2, -0.15) is 0 Å². The van der Waals surface area contributed by atoms with Crippen molar-refractivity contribution in [1.82, 2.24) is 0 Å². The first-order valence-corrected chi connectivity index (χ1v) is 14.3. The van der Waals surface area contributed by atoms with Gasteiger partial charge in [0.15, 0.2) is 0 Å². The molecule has 0 amide bonds. The Hall–Kier alpha value is -0.317. The Morgan fingerprint density at radius 3 is 1.50 bits per heavy atom. The first-order valence-electron chi connectivity index (χ1n) is 4.93. The van der Waals surface area contributed by atoms with E-state index in [2.05, 4.69) is 0 Å².